The summed E-state index contributed by atoms with van der Waals surface area (Å²) in [6.45, 7) is 1.92. The highest BCUT2D eigenvalue weighted by Crippen LogP contribution is 2.57. The number of benzene rings is 3. The molecule has 3 atom stereocenters. The second-order valence-corrected chi connectivity index (χ2v) is 9.44. The summed E-state index contributed by atoms with van der Waals surface area (Å²) in [7, 11) is 2.93. The van der Waals surface area contributed by atoms with Gasteiger partial charge in [-0.15, -0.1) is 0 Å². The minimum Gasteiger partial charge on any atom is -0.493 e. The highest BCUT2D eigenvalue weighted by atomic mass is 16.5. The number of ketones is 2. The number of carbonyl (C=O) groups is 4. The summed E-state index contributed by atoms with van der Waals surface area (Å²) in [4.78, 5) is 56.7. The van der Waals surface area contributed by atoms with Gasteiger partial charge in [-0.25, -0.2) is 4.90 Å². The molecule has 2 saturated heterocycles. The van der Waals surface area contributed by atoms with Crippen LogP contribution in [0.2, 0.25) is 0 Å². The lowest BCUT2D eigenvalue weighted by atomic mass is 9.77. The van der Waals surface area contributed by atoms with Gasteiger partial charge in [-0.2, -0.15) is 0 Å². The van der Waals surface area contributed by atoms with Crippen molar-refractivity contribution in [2.45, 2.75) is 18.6 Å². The second-order valence-electron chi connectivity index (χ2n) is 9.44. The number of fused-ring (bicyclic) bond motifs is 3. The fraction of sp³-hybridized carbons (Fsp3) is 0.241. The number of nitrogens with zero attached hydrogens (tertiary/aromatic N) is 1. The van der Waals surface area contributed by atoms with E-state index in [4.69, 9.17) is 14.2 Å². The first kappa shape index (κ1) is 23.1. The van der Waals surface area contributed by atoms with E-state index in [1.807, 2.05) is 19.1 Å². The Hall–Kier alpha value is -4.30. The zero-order chi connectivity index (χ0) is 26.1. The first-order valence-electron chi connectivity index (χ1n) is 11.9. The molecule has 3 aromatic carbocycles. The Labute approximate surface area is 212 Å². The third-order valence-electron chi connectivity index (χ3n) is 7.55. The highest BCUT2D eigenvalue weighted by molar-refractivity contribution is 6.37. The van der Waals surface area contributed by atoms with Crippen LogP contribution >= 0.6 is 0 Å². The molecule has 0 aromatic heterocycles. The number of methoxy groups -OCH3 is 2. The van der Waals surface area contributed by atoms with Gasteiger partial charge in [0.1, 0.15) is 0 Å². The normalized spacial score (nSPS) is 23.5. The quantitative estimate of drug-likeness (QED) is 0.400. The smallest absolute Gasteiger partial charge is 0.241 e. The molecule has 0 N–H and O–H groups in total. The van der Waals surface area contributed by atoms with Crippen molar-refractivity contribution in [3.8, 4) is 11.5 Å². The lowest BCUT2D eigenvalue weighted by Crippen LogP contribution is -2.51. The van der Waals surface area contributed by atoms with Crippen molar-refractivity contribution in [3.05, 3.63) is 89.0 Å². The summed E-state index contributed by atoms with van der Waals surface area (Å²) in [5, 5.41) is 0. The fourth-order valence-electron chi connectivity index (χ4n) is 5.79. The molecule has 2 aliphatic heterocycles. The molecule has 0 unspecified atom stereocenters. The van der Waals surface area contributed by atoms with E-state index in [0.29, 0.717) is 17.1 Å². The predicted molar refractivity (Wildman–Crippen MR) is 132 cm³/mol. The van der Waals surface area contributed by atoms with Crippen LogP contribution in [0.1, 0.15) is 37.9 Å². The fourth-order valence-corrected chi connectivity index (χ4v) is 5.79. The van der Waals surface area contributed by atoms with Gasteiger partial charge in [0, 0.05) is 17.2 Å². The van der Waals surface area contributed by atoms with E-state index < -0.39 is 46.9 Å². The van der Waals surface area contributed by atoms with Crippen LogP contribution in [-0.4, -0.2) is 43.2 Å². The van der Waals surface area contributed by atoms with Crippen LogP contribution in [-0.2, 0) is 14.3 Å². The van der Waals surface area contributed by atoms with Crippen LogP contribution in [0, 0.1) is 18.8 Å². The van der Waals surface area contributed by atoms with Gasteiger partial charge in [0.25, 0.3) is 0 Å². The maximum atomic E-state index is 14.0. The molecule has 6 rings (SSSR count). The molecule has 0 saturated carbocycles. The van der Waals surface area contributed by atoms with Gasteiger partial charge in [-0.3, -0.25) is 19.2 Å². The van der Waals surface area contributed by atoms with Crippen molar-refractivity contribution in [2.75, 3.05) is 19.1 Å². The molecule has 3 aromatic rings. The molecule has 0 radical (unpaired) electrons. The number of amides is 2. The van der Waals surface area contributed by atoms with Crippen LogP contribution < -0.4 is 14.4 Å². The molecular weight excluding hydrogens is 474 g/mol. The Bertz CT molecular complexity index is 1460. The van der Waals surface area contributed by atoms with Crippen LogP contribution in [0.3, 0.4) is 0 Å². The zero-order valence-corrected chi connectivity index (χ0v) is 20.4. The lowest BCUT2D eigenvalue weighted by Gasteiger charge is -2.27. The van der Waals surface area contributed by atoms with Crippen molar-refractivity contribution >= 4 is 29.1 Å². The molecule has 2 fully saturated rings. The van der Waals surface area contributed by atoms with Crippen LogP contribution in [0.15, 0.2) is 66.7 Å². The van der Waals surface area contributed by atoms with Crippen molar-refractivity contribution in [1.29, 1.82) is 0 Å². The summed E-state index contributed by atoms with van der Waals surface area (Å²) in [5.41, 5.74) is 0.150. The number of Topliss-reactive ketones (excluding diaryl/α,β-unsaturated/α-hetero) is 2. The van der Waals surface area contributed by atoms with Crippen molar-refractivity contribution < 1.29 is 33.4 Å². The Morgan fingerprint density at radius 3 is 2.00 bits per heavy atom. The maximum Gasteiger partial charge on any atom is 0.241 e. The van der Waals surface area contributed by atoms with Crippen molar-refractivity contribution in [1.82, 2.24) is 0 Å². The van der Waals surface area contributed by atoms with E-state index in [9.17, 15) is 19.2 Å². The van der Waals surface area contributed by atoms with Gasteiger partial charge in [0.05, 0.1) is 37.8 Å². The molecule has 1 spiro atoms. The monoisotopic (exact) mass is 497 g/mol. The molecule has 0 bridgehead atoms. The predicted octanol–water partition coefficient (Wildman–Crippen LogP) is 3.71. The third-order valence-corrected chi connectivity index (χ3v) is 7.55. The van der Waals surface area contributed by atoms with Crippen LogP contribution in [0.25, 0.3) is 0 Å². The Morgan fingerprint density at radius 2 is 1.41 bits per heavy atom. The van der Waals surface area contributed by atoms with Gasteiger partial charge in [0.2, 0.25) is 29.0 Å². The summed E-state index contributed by atoms with van der Waals surface area (Å²) in [5.74, 6) is -4.00. The van der Waals surface area contributed by atoms with Crippen LogP contribution in [0.4, 0.5) is 5.69 Å². The Morgan fingerprint density at radius 1 is 0.784 bits per heavy atom. The second kappa shape index (κ2) is 8.11. The molecule has 8 nitrogen and oxygen atoms in total. The topological polar surface area (TPSA) is 99.2 Å². The summed E-state index contributed by atoms with van der Waals surface area (Å²) < 4.78 is 17.0. The van der Waals surface area contributed by atoms with Crippen molar-refractivity contribution in [2.24, 2.45) is 11.8 Å². The molecular formula is C29H23NO7. The van der Waals surface area contributed by atoms with E-state index in [1.54, 1.807) is 48.5 Å². The Balaban J connectivity index is 1.52. The number of anilines is 1. The minimum absolute atomic E-state index is 0.195. The van der Waals surface area contributed by atoms with E-state index in [2.05, 4.69) is 0 Å². The number of imide groups is 1. The van der Waals surface area contributed by atoms with Gasteiger partial charge in [-0.05, 0) is 24.6 Å². The first-order chi connectivity index (χ1) is 17.8. The number of aryl methyl sites for hydroxylation is 1. The SMILES string of the molecule is COc1ccc(N2C(=O)[C@H]3[C@@H](c4ccc(C)cc4)OC4(C(=O)c5ccccc5C4=O)[C@H]3C2=O)cc1OC. The standard InChI is InChI=1S/C29H23NO7/c1-15-8-10-16(11-9-15)24-22-23(29(37-24)25(31)18-6-4-5-7-19(18)26(29)32)28(34)30(27(22)33)17-12-13-20(35-2)21(14-17)36-3/h4-14,22-24H,1-3H3/t22-,23-,24-/m1/s1. The van der Waals surface area contributed by atoms with Gasteiger partial charge >= 0.3 is 0 Å². The number of hydrogen-bond acceptors (Lipinski definition) is 7. The molecule has 2 amide bonds. The molecule has 37 heavy (non-hydrogen) atoms. The van der Waals surface area contributed by atoms with Gasteiger partial charge < -0.3 is 14.2 Å². The average molecular weight is 498 g/mol. The van der Waals surface area contributed by atoms with E-state index in [-0.39, 0.29) is 16.8 Å². The summed E-state index contributed by atoms with van der Waals surface area (Å²) in [6, 6.07) is 18.4. The number of hydrogen-bond donors (Lipinski definition) is 0. The molecule has 2 heterocycles. The first-order valence-corrected chi connectivity index (χ1v) is 11.9. The van der Waals surface area contributed by atoms with E-state index >= 15 is 0 Å². The largest absolute Gasteiger partial charge is 0.493 e. The molecule has 8 heteroatoms. The van der Waals surface area contributed by atoms with Gasteiger partial charge in [-0.1, -0.05) is 54.1 Å². The molecule has 1 aliphatic carbocycles. The minimum atomic E-state index is -2.11. The maximum absolute atomic E-state index is 14.0. The zero-order valence-electron chi connectivity index (χ0n) is 20.4. The van der Waals surface area contributed by atoms with Gasteiger partial charge in [0.15, 0.2) is 11.5 Å². The summed E-state index contributed by atoms with van der Waals surface area (Å²) in [6.07, 6.45) is -0.964. The third kappa shape index (κ3) is 2.99. The summed E-state index contributed by atoms with van der Waals surface area (Å²) >= 11 is 0. The number of ether oxygens (including phenoxy) is 3. The van der Waals surface area contributed by atoms with Crippen molar-refractivity contribution in [3.63, 3.8) is 0 Å². The highest BCUT2D eigenvalue weighted by Gasteiger charge is 2.74. The van der Waals surface area contributed by atoms with Crippen LogP contribution in [0.5, 0.6) is 11.5 Å². The average Bonchev–Trinajstić information content (AvgIpc) is 3.48. The lowest BCUT2D eigenvalue weighted by molar-refractivity contribution is -0.127. The van der Waals surface area contributed by atoms with E-state index in [0.717, 1.165) is 10.5 Å². The number of rotatable bonds is 4. The molecule has 3 aliphatic rings. The number of carbonyl (C=O) groups excluding carboxylic acids is 4. The molecule has 186 valence electrons. The van der Waals surface area contributed by atoms with E-state index in [1.165, 1.54) is 20.3 Å². The Kier molecular flexibility index (Phi) is 5.07.